The topological polar surface area (TPSA) is 68.8 Å². The summed E-state index contributed by atoms with van der Waals surface area (Å²) in [6.07, 6.45) is 6.12. The third-order valence-corrected chi connectivity index (χ3v) is 2.06. The maximum atomic E-state index is 8.73. The van der Waals surface area contributed by atoms with E-state index in [-0.39, 0.29) is 6.61 Å². The summed E-state index contributed by atoms with van der Waals surface area (Å²) in [5, 5.41) is 20.7. The number of aryl methyl sites for hydroxylation is 1. The number of nitrogens with zero attached hydrogens (tertiary/aromatic N) is 5. The van der Waals surface area contributed by atoms with E-state index in [4.69, 9.17) is 5.11 Å². The molecule has 2 aromatic rings. The Balaban J connectivity index is 2.04. The van der Waals surface area contributed by atoms with Crippen molar-refractivity contribution in [2.75, 3.05) is 6.61 Å². The molecule has 15 heavy (non-hydrogen) atoms. The zero-order valence-electron chi connectivity index (χ0n) is 8.54. The monoisotopic (exact) mass is 207 g/mol. The van der Waals surface area contributed by atoms with Gasteiger partial charge in [-0.2, -0.15) is 5.10 Å². The fourth-order valence-corrected chi connectivity index (χ4v) is 1.39. The van der Waals surface area contributed by atoms with Crippen molar-refractivity contribution in [3.63, 3.8) is 0 Å². The lowest BCUT2D eigenvalue weighted by molar-refractivity contribution is 0.298. The Kier molecular flexibility index (Phi) is 2.77. The normalized spacial score (nSPS) is 10.8. The molecule has 80 valence electrons. The average molecular weight is 207 g/mol. The van der Waals surface area contributed by atoms with Gasteiger partial charge in [0.15, 0.2) is 0 Å². The summed E-state index contributed by atoms with van der Waals surface area (Å²) in [6.45, 7) is 0.762. The van der Waals surface area contributed by atoms with Crippen molar-refractivity contribution >= 4 is 0 Å². The van der Waals surface area contributed by atoms with Crippen LogP contribution in [0.2, 0.25) is 0 Å². The third-order valence-electron chi connectivity index (χ3n) is 2.06. The summed E-state index contributed by atoms with van der Waals surface area (Å²) in [7, 11) is 1.88. The van der Waals surface area contributed by atoms with Crippen molar-refractivity contribution in [1.82, 2.24) is 24.8 Å². The van der Waals surface area contributed by atoms with E-state index >= 15 is 0 Å². The number of hydrogen-bond acceptors (Lipinski definition) is 4. The fraction of sp³-hybridized carbons (Fsp3) is 0.444. The third kappa shape index (κ3) is 2.41. The van der Waals surface area contributed by atoms with Gasteiger partial charge < -0.3 is 5.11 Å². The Bertz CT molecular complexity index is 433. The first-order valence-corrected chi connectivity index (χ1v) is 4.75. The van der Waals surface area contributed by atoms with Crippen LogP contribution in [0.5, 0.6) is 0 Å². The molecular weight excluding hydrogens is 194 g/mol. The molecule has 0 radical (unpaired) electrons. The van der Waals surface area contributed by atoms with Gasteiger partial charge in [0.1, 0.15) is 0 Å². The number of aromatic nitrogens is 5. The molecule has 0 aliphatic heterocycles. The van der Waals surface area contributed by atoms with Gasteiger partial charge in [0.25, 0.3) is 0 Å². The molecule has 1 N–H and O–H groups in total. The molecule has 0 bridgehead atoms. The molecular formula is C9H13N5O. The van der Waals surface area contributed by atoms with Crippen LogP contribution in [-0.4, -0.2) is 36.5 Å². The van der Waals surface area contributed by atoms with E-state index in [1.807, 2.05) is 19.4 Å². The molecule has 0 amide bonds. The molecule has 0 aliphatic carbocycles. The van der Waals surface area contributed by atoms with Crippen LogP contribution in [0.3, 0.4) is 0 Å². The lowest BCUT2D eigenvalue weighted by Gasteiger charge is -1.94. The zero-order valence-corrected chi connectivity index (χ0v) is 8.54. The molecule has 0 aromatic carbocycles. The molecule has 2 rings (SSSR count). The van der Waals surface area contributed by atoms with Gasteiger partial charge in [-0.05, 0) is 0 Å². The lowest BCUT2D eigenvalue weighted by atomic mass is 10.3. The summed E-state index contributed by atoms with van der Waals surface area (Å²) < 4.78 is 3.49. The summed E-state index contributed by atoms with van der Waals surface area (Å²) in [6, 6.07) is 0. The molecule has 0 aliphatic rings. The lowest BCUT2D eigenvalue weighted by Crippen LogP contribution is -1.99. The Morgan fingerprint density at radius 2 is 2.27 bits per heavy atom. The van der Waals surface area contributed by atoms with Crippen LogP contribution < -0.4 is 0 Å². The molecule has 0 saturated heterocycles. The first-order valence-electron chi connectivity index (χ1n) is 4.75. The minimum Gasteiger partial charge on any atom is -0.396 e. The summed E-state index contributed by atoms with van der Waals surface area (Å²) in [5.74, 6) is 0. The fourth-order valence-electron chi connectivity index (χ4n) is 1.39. The molecule has 0 unspecified atom stereocenters. The van der Waals surface area contributed by atoms with E-state index in [1.54, 1.807) is 15.6 Å². The highest BCUT2D eigenvalue weighted by Crippen LogP contribution is 2.01. The Morgan fingerprint density at radius 1 is 1.40 bits per heavy atom. The number of hydrogen-bond donors (Lipinski definition) is 1. The van der Waals surface area contributed by atoms with Crippen molar-refractivity contribution < 1.29 is 5.11 Å². The van der Waals surface area contributed by atoms with Gasteiger partial charge >= 0.3 is 0 Å². The van der Waals surface area contributed by atoms with Crippen LogP contribution in [0, 0.1) is 0 Å². The minimum atomic E-state index is 0.103. The number of aliphatic hydroxyl groups is 1. The molecule has 0 saturated carbocycles. The SMILES string of the molecule is Cn1cc(Cn2cc(CCO)nn2)cn1. The molecule has 6 heteroatoms. The molecule has 2 aromatic heterocycles. The van der Waals surface area contributed by atoms with Gasteiger partial charge in [0, 0.05) is 38.0 Å². The number of rotatable bonds is 4. The van der Waals surface area contributed by atoms with Crippen LogP contribution in [0.4, 0.5) is 0 Å². The molecule has 6 nitrogen and oxygen atoms in total. The second kappa shape index (κ2) is 4.22. The first-order chi connectivity index (χ1) is 7.28. The summed E-state index contributed by atoms with van der Waals surface area (Å²) in [4.78, 5) is 0. The van der Waals surface area contributed by atoms with Gasteiger partial charge in [0.2, 0.25) is 0 Å². The van der Waals surface area contributed by atoms with Crippen LogP contribution in [0.15, 0.2) is 18.6 Å². The highest BCUT2D eigenvalue weighted by molar-refractivity contribution is 5.04. The van der Waals surface area contributed by atoms with Crippen LogP contribution in [0.25, 0.3) is 0 Å². The molecule has 0 fully saturated rings. The van der Waals surface area contributed by atoms with E-state index in [1.165, 1.54) is 0 Å². The van der Waals surface area contributed by atoms with Crippen LogP contribution >= 0.6 is 0 Å². The minimum absolute atomic E-state index is 0.103. The second-order valence-electron chi connectivity index (χ2n) is 3.40. The van der Waals surface area contributed by atoms with Crippen molar-refractivity contribution in [2.24, 2.45) is 7.05 Å². The van der Waals surface area contributed by atoms with E-state index < -0.39 is 0 Å². The highest BCUT2D eigenvalue weighted by atomic mass is 16.3. The largest absolute Gasteiger partial charge is 0.396 e. The smallest absolute Gasteiger partial charge is 0.0850 e. The summed E-state index contributed by atoms with van der Waals surface area (Å²) in [5.41, 5.74) is 1.89. The molecule has 2 heterocycles. The zero-order chi connectivity index (χ0) is 10.7. The van der Waals surface area contributed by atoms with Crippen LogP contribution in [-0.2, 0) is 20.0 Å². The summed E-state index contributed by atoms with van der Waals surface area (Å²) >= 11 is 0. The predicted octanol–water partition coefficient (Wildman–Crippen LogP) is -0.405. The maximum absolute atomic E-state index is 8.73. The van der Waals surface area contributed by atoms with Crippen molar-refractivity contribution in [1.29, 1.82) is 0 Å². The Labute approximate surface area is 87.1 Å². The van der Waals surface area contributed by atoms with Crippen molar-refractivity contribution in [3.05, 3.63) is 29.8 Å². The average Bonchev–Trinajstić information content (AvgIpc) is 2.78. The predicted molar refractivity (Wildman–Crippen MR) is 53.1 cm³/mol. The van der Waals surface area contributed by atoms with Crippen molar-refractivity contribution in [2.45, 2.75) is 13.0 Å². The Hall–Kier alpha value is -1.69. The van der Waals surface area contributed by atoms with E-state index in [2.05, 4.69) is 15.4 Å². The van der Waals surface area contributed by atoms with Gasteiger partial charge in [-0.3, -0.25) is 4.68 Å². The van der Waals surface area contributed by atoms with Gasteiger partial charge in [-0.1, -0.05) is 5.21 Å². The Morgan fingerprint density at radius 3 is 2.93 bits per heavy atom. The van der Waals surface area contributed by atoms with E-state index in [0.29, 0.717) is 13.0 Å². The highest BCUT2D eigenvalue weighted by Gasteiger charge is 2.02. The van der Waals surface area contributed by atoms with Crippen molar-refractivity contribution in [3.8, 4) is 0 Å². The second-order valence-corrected chi connectivity index (χ2v) is 3.40. The van der Waals surface area contributed by atoms with Crippen LogP contribution in [0.1, 0.15) is 11.3 Å². The van der Waals surface area contributed by atoms with Gasteiger partial charge in [-0.25, -0.2) is 4.68 Å². The molecule has 0 spiro atoms. The van der Waals surface area contributed by atoms with E-state index in [9.17, 15) is 0 Å². The quantitative estimate of drug-likeness (QED) is 0.740. The van der Waals surface area contributed by atoms with Gasteiger partial charge in [-0.15, -0.1) is 5.10 Å². The van der Waals surface area contributed by atoms with E-state index in [0.717, 1.165) is 11.3 Å². The number of aliphatic hydroxyl groups excluding tert-OH is 1. The maximum Gasteiger partial charge on any atom is 0.0850 e. The molecule has 0 atom stereocenters. The standard InChI is InChI=1S/C9H13N5O/c1-13-5-8(4-10-13)6-14-7-9(2-3-15)11-12-14/h4-5,7,15H,2-3,6H2,1H3. The van der Waals surface area contributed by atoms with Gasteiger partial charge in [0.05, 0.1) is 18.4 Å². The first kappa shape index (κ1) is 9.85.